The Kier molecular flexibility index (Phi) is 17.8. The molecule has 4 aromatic carbocycles. The smallest absolute Gasteiger partial charge is 0.343 e. The molecule has 328 valence electrons. The second kappa shape index (κ2) is 23.8. The molecule has 0 saturated heterocycles. The van der Waals surface area contributed by atoms with Gasteiger partial charge in [-0.05, 0) is 121 Å². The van der Waals surface area contributed by atoms with E-state index in [4.69, 9.17) is 37.9 Å². The highest BCUT2D eigenvalue weighted by atomic mass is 16.7. The Morgan fingerprint density at radius 3 is 1.39 bits per heavy atom. The van der Waals surface area contributed by atoms with Gasteiger partial charge < -0.3 is 48.1 Å². The van der Waals surface area contributed by atoms with Gasteiger partial charge in [0.1, 0.15) is 25.0 Å². The lowest BCUT2D eigenvalue weighted by Crippen LogP contribution is -2.12. The maximum absolute atomic E-state index is 13.5. The van der Waals surface area contributed by atoms with E-state index in [0.29, 0.717) is 48.7 Å². The van der Waals surface area contributed by atoms with Crippen LogP contribution in [-0.2, 0) is 35.3 Å². The summed E-state index contributed by atoms with van der Waals surface area (Å²) in [5.74, 6) is -3.98. The van der Waals surface area contributed by atoms with Gasteiger partial charge in [0.15, 0.2) is 0 Å². The highest BCUT2D eigenvalue weighted by molar-refractivity contribution is 5.99. The second-order valence-electron chi connectivity index (χ2n) is 14.0. The van der Waals surface area contributed by atoms with Gasteiger partial charge in [-0.2, -0.15) is 0 Å². The molecule has 1 heterocycles. The first-order valence-corrected chi connectivity index (χ1v) is 20.2. The first-order chi connectivity index (χ1) is 30.1. The third-order valence-corrected chi connectivity index (χ3v) is 9.47. The number of esters is 4. The van der Waals surface area contributed by atoms with E-state index in [1.807, 2.05) is 12.1 Å². The van der Waals surface area contributed by atoms with Gasteiger partial charge in [-0.25, -0.2) is 19.2 Å². The van der Waals surface area contributed by atoms with Gasteiger partial charge in [-0.15, -0.1) is 0 Å². The Labute approximate surface area is 358 Å². The lowest BCUT2D eigenvalue weighted by molar-refractivity contribution is -0.138. The van der Waals surface area contributed by atoms with Crippen molar-refractivity contribution in [2.75, 3.05) is 40.3 Å². The maximum Gasteiger partial charge on any atom is 0.343 e. The van der Waals surface area contributed by atoms with E-state index in [1.165, 1.54) is 19.2 Å². The minimum atomic E-state index is -0.899. The number of hydrogen-bond acceptors (Lipinski definition) is 14. The van der Waals surface area contributed by atoms with Crippen molar-refractivity contribution < 1.29 is 67.3 Å². The fourth-order valence-corrected chi connectivity index (χ4v) is 6.21. The molecule has 0 unspecified atom stereocenters. The number of ether oxygens (including phenoxy) is 8. The van der Waals surface area contributed by atoms with E-state index in [2.05, 4.69) is 13.2 Å². The van der Waals surface area contributed by atoms with Crippen molar-refractivity contribution in [3.8, 4) is 34.8 Å². The number of fused-ring (bicyclic) bond motifs is 2. The molecule has 0 aliphatic heterocycles. The minimum absolute atomic E-state index is 0.117. The standard InChI is InChI=1S/C47H51NO14/c1-4-40(49)59-24-12-8-6-10-22-57-38-20-18-32-26-36(16-14-34(32)28-38)46(53)61-42-43(45(52)48(44(42)51)30-56-31-55-3)62-47(54)37-17-15-35-29-39(21-19-33(35)27-37)58-23-11-7-9-13-25-60-41(50)5-2/h4-5,14-21,26-29,51-52H,1-2,6-13,22-25,30-31H2,3H3. The molecule has 5 aromatic rings. The first kappa shape index (κ1) is 46.2. The highest BCUT2D eigenvalue weighted by Gasteiger charge is 2.30. The van der Waals surface area contributed by atoms with Crippen molar-refractivity contribution in [1.82, 2.24) is 4.57 Å². The molecule has 1 aromatic heterocycles. The number of carbonyl (C=O) groups is 4. The Balaban J connectivity index is 1.20. The molecule has 15 heteroatoms. The van der Waals surface area contributed by atoms with Gasteiger partial charge in [-0.1, -0.05) is 37.4 Å². The summed E-state index contributed by atoms with van der Waals surface area (Å²) in [6, 6.07) is 20.6. The van der Waals surface area contributed by atoms with Gasteiger partial charge in [0.25, 0.3) is 0 Å². The number of benzene rings is 4. The summed E-state index contributed by atoms with van der Waals surface area (Å²) in [4.78, 5) is 49.3. The van der Waals surface area contributed by atoms with Gasteiger partial charge >= 0.3 is 23.9 Å². The fourth-order valence-electron chi connectivity index (χ4n) is 6.21. The zero-order valence-electron chi connectivity index (χ0n) is 34.6. The quantitative estimate of drug-likeness (QED) is 0.0233. The molecule has 0 aliphatic carbocycles. The molecule has 15 nitrogen and oxygen atoms in total. The van der Waals surface area contributed by atoms with Gasteiger partial charge in [0.2, 0.25) is 23.3 Å². The Morgan fingerprint density at radius 1 is 0.565 bits per heavy atom. The topological polar surface area (TPSA) is 188 Å². The molecule has 0 amide bonds. The van der Waals surface area contributed by atoms with E-state index >= 15 is 0 Å². The van der Waals surface area contributed by atoms with Crippen LogP contribution in [0.2, 0.25) is 0 Å². The predicted molar refractivity (Wildman–Crippen MR) is 229 cm³/mol. The number of aromatic nitrogens is 1. The highest BCUT2D eigenvalue weighted by Crippen LogP contribution is 2.48. The zero-order chi connectivity index (χ0) is 44.3. The van der Waals surface area contributed by atoms with Crippen LogP contribution in [-0.4, -0.2) is 79.0 Å². The average Bonchev–Trinajstić information content (AvgIpc) is 3.50. The second-order valence-corrected chi connectivity index (χ2v) is 14.0. The van der Waals surface area contributed by atoms with Crippen molar-refractivity contribution >= 4 is 45.4 Å². The van der Waals surface area contributed by atoms with E-state index in [-0.39, 0.29) is 17.9 Å². The van der Waals surface area contributed by atoms with Gasteiger partial charge in [-0.3, -0.25) is 4.57 Å². The van der Waals surface area contributed by atoms with Crippen molar-refractivity contribution in [1.29, 1.82) is 0 Å². The van der Waals surface area contributed by atoms with Crippen molar-refractivity contribution in [3.05, 3.63) is 109 Å². The van der Waals surface area contributed by atoms with E-state index in [1.54, 1.807) is 48.5 Å². The summed E-state index contributed by atoms with van der Waals surface area (Å²) >= 11 is 0. The van der Waals surface area contributed by atoms with Crippen molar-refractivity contribution in [2.45, 2.75) is 58.1 Å². The van der Waals surface area contributed by atoms with E-state index < -0.39 is 53.9 Å². The molecule has 0 spiro atoms. The van der Waals surface area contributed by atoms with Crippen molar-refractivity contribution in [3.63, 3.8) is 0 Å². The van der Waals surface area contributed by atoms with Crippen LogP contribution in [0.15, 0.2) is 98.1 Å². The molecule has 0 saturated carbocycles. The summed E-state index contributed by atoms with van der Waals surface area (Å²) in [5.41, 5.74) is 0.234. The third kappa shape index (κ3) is 13.3. The van der Waals surface area contributed by atoms with Crippen LogP contribution in [0, 0.1) is 0 Å². The zero-order valence-corrected chi connectivity index (χ0v) is 34.6. The molecule has 0 aliphatic rings. The molecule has 0 radical (unpaired) electrons. The van der Waals surface area contributed by atoms with Crippen LogP contribution in [0.1, 0.15) is 72.1 Å². The van der Waals surface area contributed by atoms with Crippen LogP contribution in [0.4, 0.5) is 0 Å². The van der Waals surface area contributed by atoms with Crippen LogP contribution in [0.5, 0.6) is 34.8 Å². The Bertz CT molecular complexity index is 2190. The van der Waals surface area contributed by atoms with Crippen molar-refractivity contribution in [2.24, 2.45) is 0 Å². The summed E-state index contributed by atoms with van der Waals surface area (Å²) < 4.78 is 44.0. The Hall–Kier alpha value is -6.84. The summed E-state index contributed by atoms with van der Waals surface area (Å²) in [7, 11) is 1.39. The maximum atomic E-state index is 13.5. The number of nitrogens with zero attached hydrogens (tertiary/aromatic N) is 1. The summed E-state index contributed by atoms with van der Waals surface area (Å²) in [6.07, 6.45) is 9.05. The summed E-state index contributed by atoms with van der Waals surface area (Å²) in [5, 5.41) is 25.2. The molecule has 0 fully saturated rings. The number of rotatable bonds is 26. The molecular weight excluding hydrogens is 803 g/mol. The fraction of sp³-hybridized carbons (Fsp3) is 0.319. The lowest BCUT2D eigenvalue weighted by Gasteiger charge is -2.10. The number of unbranched alkanes of at least 4 members (excludes halogenated alkanes) is 6. The SMILES string of the molecule is C=CC(=O)OCCCCCCOc1ccc2cc(C(=O)Oc3c(OC(=O)c4ccc5cc(OCCCCCCOC(=O)C=C)ccc5c4)c(O)n(COCOC)c3O)ccc2c1. The number of methoxy groups -OCH3 is 1. The van der Waals surface area contributed by atoms with Crippen LogP contribution in [0.3, 0.4) is 0 Å². The number of carbonyl (C=O) groups excluding carboxylic acids is 4. The molecule has 5 rings (SSSR count). The number of hydrogen-bond donors (Lipinski definition) is 2. The summed E-state index contributed by atoms with van der Waals surface area (Å²) in [6.45, 7) is 7.84. The van der Waals surface area contributed by atoms with Gasteiger partial charge in [0, 0.05) is 19.3 Å². The van der Waals surface area contributed by atoms with E-state index in [9.17, 15) is 29.4 Å². The third-order valence-electron chi connectivity index (χ3n) is 9.47. The van der Waals surface area contributed by atoms with E-state index in [0.717, 1.165) is 78.9 Å². The normalized spacial score (nSPS) is 10.9. The minimum Gasteiger partial charge on any atom is -0.494 e. The molecular formula is C47H51NO14. The average molecular weight is 854 g/mol. The Morgan fingerprint density at radius 2 is 0.968 bits per heavy atom. The molecule has 2 N–H and O–H groups in total. The van der Waals surface area contributed by atoms with Crippen LogP contribution in [0.25, 0.3) is 21.5 Å². The predicted octanol–water partition coefficient (Wildman–Crippen LogP) is 8.56. The van der Waals surface area contributed by atoms with Gasteiger partial charge in [0.05, 0.1) is 37.6 Å². The van der Waals surface area contributed by atoms with Crippen LogP contribution >= 0.6 is 0 Å². The lowest BCUT2D eigenvalue weighted by atomic mass is 10.1. The molecule has 0 bridgehead atoms. The molecule has 0 atom stereocenters. The monoisotopic (exact) mass is 853 g/mol. The first-order valence-electron chi connectivity index (χ1n) is 20.2. The molecule has 62 heavy (non-hydrogen) atoms. The number of aromatic hydroxyl groups is 2. The van der Waals surface area contributed by atoms with Crippen LogP contribution < -0.4 is 18.9 Å². The largest absolute Gasteiger partial charge is 0.494 e.